The Morgan fingerprint density at radius 2 is 1.79 bits per heavy atom. The minimum Gasteiger partial charge on any atom is -0.497 e. The van der Waals surface area contributed by atoms with Gasteiger partial charge in [0.15, 0.2) is 5.82 Å². The molecule has 0 unspecified atom stereocenters. The first-order valence-electron chi connectivity index (χ1n) is 11.5. The number of ether oxygens (including phenoxy) is 2. The number of methoxy groups -OCH3 is 1. The highest BCUT2D eigenvalue weighted by Gasteiger charge is 2.14. The van der Waals surface area contributed by atoms with Gasteiger partial charge in [-0.25, -0.2) is 9.97 Å². The summed E-state index contributed by atoms with van der Waals surface area (Å²) in [4.78, 5) is 14.9. The largest absolute Gasteiger partial charge is 0.497 e. The minimum atomic E-state index is 0.709. The summed E-state index contributed by atoms with van der Waals surface area (Å²) in [7, 11) is 3.84. The Morgan fingerprint density at radius 3 is 2.59 bits per heavy atom. The third-order valence-corrected chi connectivity index (χ3v) is 7.23. The standard InChI is InChI=1S/C26H29N5O2S/c1-30-10-12-31(13-11-30)14-15-33-21-8-6-19(7-9-21)24-17-23-25(34-24)26(28-18-27-23)29-20-4-3-5-22(16-20)32-2/h3-9,16-18H,10-15H2,1-2H3,(H,27,28,29). The molecule has 2 aromatic carbocycles. The van der Waals surface area contributed by atoms with Crippen molar-refractivity contribution >= 4 is 33.1 Å². The van der Waals surface area contributed by atoms with Gasteiger partial charge in [0.1, 0.15) is 24.4 Å². The van der Waals surface area contributed by atoms with Crippen molar-refractivity contribution in [3.8, 4) is 21.9 Å². The van der Waals surface area contributed by atoms with Gasteiger partial charge in [0.05, 0.1) is 17.3 Å². The molecule has 0 radical (unpaired) electrons. The Kier molecular flexibility index (Phi) is 6.89. The Labute approximate surface area is 204 Å². The molecule has 2 aromatic heterocycles. The Balaban J connectivity index is 1.25. The van der Waals surface area contributed by atoms with Crippen LogP contribution in [0.4, 0.5) is 11.5 Å². The maximum absolute atomic E-state index is 6.00. The van der Waals surface area contributed by atoms with Gasteiger partial charge in [0, 0.05) is 49.4 Å². The van der Waals surface area contributed by atoms with Crippen LogP contribution in [0, 0.1) is 0 Å². The van der Waals surface area contributed by atoms with E-state index >= 15 is 0 Å². The van der Waals surface area contributed by atoms with Gasteiger partial charge in [-0.05, 0) is 55.1 Å². The average Bonchev–Trinajstić information content (AvgIpc) is 3.31. The van der Waals surface area contributed by atoms with E-state index in [-0.39, 0.29) is 0 Å². The van der Waals surface area contributed by atoms with E-state index < -0.39 is 0 Å². The molecule has 1 aliphatic heterocycles. The Morgan fingerprint density at radius 1 is 0.971 bits per heavy atom. The average molecular weight is 476 g/mol. The predicted molar refractivity (Wildman–Crippen MR) is 139 cm³/mol. The summed E-state index contributed by atoms with van der Waals surface area (Å²) in [6.45, 7) is 6.16. The zero-order valence-corrected chi connectivity index (χ0v) is 20.3. The van der Waals surface area contributed by atoms with Gasteiger partial charge in [-0.1, -0.05) is 6.07 Å². The number of hydrogen-bond donors (Lipinski definition) is 1. The summed E-state index contributed by atoms with van der Waals surface area (Å²) in [5, 5.41) is 3.40. The van der Waals surface area contributed by atoms with E-state index in [0.29, 0.717) is 6.61 Å². The Bertz CT molecular complexity index is 1240. The number of aromatic nitrogens is 2. The normalized spacial score (nSPS) is 14.9. The number of nitrogens with zero attached hydrogens (tertiary/aromatic N) is 4. The molecule has 0 aliphatic carbocycles. The lowest BCUT2D eigenvalue weighted by atomic mass is 10.2. The molecule has 1 fully saturated rings. The maximum atomic E-state index is 6.00. The zero-order valence-electron chi connectivity index (χ0n) is 19.5. The van der Waals surface area contributed by atoms with E-state index in [9.17, 15) is 0 Å². The van der Waals surface area contributed by atoms with E-state index in [1.54, 1.807) is 24.8 Å². The summed E-state index contributed by atoms with van der Waals surface area (Å²) >= 11 is 1.68. The van der Waals surface area contributed by atoms with E-state index in [1.807, 2.05) is 36.4 Å². The molecule has 3 heterocycles. The van der Waals surface area contributed by atoms with E-state index in [1.165, 1.54) is 0 Å². The molecule has 0 amide bonds. The molecule has 34 heavy (non-hydrogen) atoms. The molecule has 5 rings (SSSR count). The number of rotatable bonds is 8. The lowest BCUT2D eigenvalue weighted by molar-refractivity contribution is 0.134. The molecule has 4 aromatic rings. The van der Waals surface area contributed by atoms with Crippen molar-refractivity contribution in [2.45, 2.75) is 0 Å². The summed E-state index contributed by atoms with van der Waals surface area (Å²) in [6, 6.07) is 18.2. The highest BCUT2D eigenvalue weighted by atomic mass is 32.1. The van der Waals surface area contributed by atoms with Crippen molar-refractivity contribution < 1.29 is 9.47 Å². The molecule has 7 nitrogen and oxygen atoms in total. The summed E-state index contributed by atoms with van der Waals surface area (Å²) in [5.41, 5.74) is 2.99. The Hall–Kier alpha value is -3.20. The monoisotopic (exact) mass is 475 g/mol. The van der Waals surface area contributed by atoms with Crippen LogP contribution in [0.1, 0.15) is 0 Å². The molecule has 0 bridgehead atoms. The number of likely N-dealkylation sites (N-methyl/N-ethyl adjacent to an activating group) is 1. The molecule has 1 aliphatic rings. The van der Waals surface area contributed by atoms with Crippen LogP contribution in [0.2, 0.25) is 0 Å². The van der Waals surface area contributed by atoms with Crippen molar-refractivity contribution in [1.82, 2.24) is 19.8 Å². The highest BCUT2D eigenvalue weighted by molar-refractivity contribution is 7.22. The first-order chi connectivity index (χ1) is 16.7. The van der Waals surface area contributed by atoms with Gasteiger partial charge >= 0.3 is 0 Å². The van der Waals surface area contributed by atoms with Crippen molar-refractivity contribution in [1.29, 1.82) is 0 Å². The molecule has 0 spiro atoms. The molecule has 0 saturated carbocycles. The number of thiophene rings is 1. The third kappa shape index (κ3) is 5.30. The molecule has 8 heteroatoms. The number of benzene rings is 2. The SMILES string of the molecule is COc1cccc(Nc2ncnc3cc(-c4ccc(OCCN5CCN(C)CC5)cc4)sc23)c1. The van der Waals surface area contributed by atoms with Crippen molar-refractivity contribution in [3.63, 3.8) is 0 Å². The number of nitrogens with one attached hydrogen (secondary N) is 1. The zero-order chi connectivity index (χ0) is 23.3. The highest BCUT2D eigenvalue weighted by Crippen LogP contribution is 2.37. The van der Waals surface area contributed by atoms with Gasteiger partial charge in [0.25, 0.3) is 0 Å². The van der Waals surface area contributed by atoms with Gasteiger partial charge in [0.2, 0.25) is 0 Å². The van der Waals surface area contributed by atoms with E-state index in [2.05, 4.69) is 50.3 Å². The molecular formula is C26H29N5O2S. The van der Waals surface area contributed by atoms with Crippen LogP contribution < -0.4 is 14.8 Å². The first-order valence-corrected chi connectivity index (χ1v) is 12.3. The fourth-order valence-electron chi connectivity index (χ4n) is 4.00. The van der Waals surface area contributed by atoms with E-state index in [4.69, 9.17) is 9.47 Å². The molecule has 1 N–H and O–H groups in total. The van der Waals surface area contributed by atoms with Crippen LogP contribution in [0.5, 0.6) is 11.5 Å². The lowest BCUT2D eigenvalue weighted by Crippen LogP contribution is -2.45. The summed E-state index contributed by atoms with van der Waals surface area (Å²) < 4.78 is 12.3. The quantitative estimate of drug-likeness (QED) is 0.395. The fraction of sp³-hybridized carbons (Fsp3) is 0.308. The molecule has 0 atom stereocenters. The fourth-order valence-corrected chi connectivity index (χ4v) is 5.06. The molecule has 1 saturated heterocycles. The van der Waals surface area contributed by atoms with Crippen molar-refractivity contribution in [2.24, 2.45) is 0 Å². The van der Waals surface area contributed by atoms with Crippen LogP contribution in [-0.2, 0) is 0 Å². The van der Waals surface area contributed by atoms with Gasteiger partial charge in [-0.15, -0.1) is 11.3 Å². The summed E-state index contributed by atoms with van der Waals surface area (Å²) in [6.07, 6.45) is 1.60. The third-order valence-electron chi connectivity index (χ3n) is 6.05. The number of fused-ring (bicyclic) bond motifs is 1. The van der Waals surface area contributed by atoms with Crippen LogP contribution in [0.25, 0.3) is 20.7 Å². The first kappa shape index (κ1) is 22.6. The second-order valence-electron chi connectivity index (χ2n) is 8.42. The van der Waals surface area contributed by atoms with Gasteiger partial charge in [-0.2, -0.15) is 0 Å². The van der Waals surface area contributed by atoms with Crippen LogP contribution >= 0.6 is 11.3 Å². The van der Waals surface area contributed by atoms with E-state index in [0.717, 1.165) is 76.4 Å². The van der Waals surface area contributed by atoms with Crippen LogP contribution in [0.3, 0.4) is 0 Å². The lowest BCUT2D eigenvalue weighted by Gasteiger charge is -2.32. The van der Waals surface area contributed by atoms with Crippen LogP contribution in [-0.4, -0.2) is 73.3 Å². The predicted octanol–water partition coefficient (Wildman–Crippen LogP) is 4.74. The van der Waals surface area contributed by atoms with Crippen LogP contribution in [0.15, 0.2) is 60.9 Å². The van der Waals surface area contributed by atoms with Gasteiger partial charge in [-0.3, -0.25) is 4.90 Å². The van der Waals surface area contributed by atoms with Crippen molar-refractivity contribution in [3.05, 3.63) is 60.9 Å². The number of piperazine rings is 1. The number of hydrogen-bond acceptors (Lipinski definition) is 8. The second-order valence-corrected chi connectivity index (χ2v) is 9.47. The topological polar surface area (TPSA) is 62.8 Å². The smallest absolute Gasteiger partial charge is 0.151 e. The minimum absolute atomic E-state index is 0.709. The molecule has 176 valence electrons. The number of anilines is 2. The maximum Gasteiger partial charge on any atom is 0.151 e. The molecular weight excluding hydrogens is 446 g/mol. The van der Waals surface area contributed by atoms with Gasteiger partial charge < -0.3 is 19.7 Å². The van der Waals surface area contributed by atoms with Crippen molar-refractivity contribution in [2.75, 3.05) is 58.8 Å². The summed E-state index contributed by atoms with van der Waals surface area (Å²) in [5.74, 6) is 2.49. The second kappa shape index (κ2) is 10.4.